The van der Waals surface area contributed by atoms with Crippen LogP contribution in [-0.4, -0.2) is 42.8 Å². The first-order valence-electron chi connectivity index (χ1n) is 6.14. The molecule has 0 unspecified atom stereocenters. The number of pyridine rings is 1. The fraction of sp³-hybridized carbons (Fsp3) is 0.583. The number of nitrogens with zero attached hydrogens (tertiary/aromatic N) is 3. The molecule has 0 amide bonds. The van der Waals surface area contributed by atoms with E-state index < -0.39 is 0 Å². The first-order valence-corrected chi connectivity index (χ1v) is 6.14. The molecule has 94 valence electrons. The lowest BCUT2D eigenvalue weighted by Gasteiger charge is -2.22. The molecule has 1 aromatic heterocycles. The molecule has 5 nitrogen and oxygen atoms in total. The Bertz CT molecular complexity index is 341. The molecule has 0 saturated carbocycles. The van der Waals surface area contributed by atoms with Crippen LogP contribution in [0.25, 0.3) is 0 Å². The van der Waals surface area contributed by atoms with Crippen molar-refractivity contribution in [1.29, 1.82) is 0 Å². The molecule has 1 saturated heterocycles. The average Bonchev–Trinajstić information content (AvgIpc) is 2.56. The summed E-state index contributed by atoms with van der Waals surface area (Å²) in [6, 6.07) is 3.87. The first kappa shape index (κ1) is 12.1. The SMILES string of the molecule is CCON1CCCN(c2ccc(N)cn2)CC1. The molecule has 2 N–H and O–H groups in total. The summed E-state index contributed by atoms with van der Waals surface area (Å²) in [5.74, 6) is 0.998. The molecule has 1 aromatic rings. The molecule has 5 heteroatoms. The Morgan fingerprint density at radius 1 is 1.29 bits per heavy atom. The van der Waals surface area contributed by atoms with Crippen LogP contribution in [0.15, 0.2) is 18.3 Å². The maximum atomic E-state index is 5.64. The van der Waals surface area contributed by atoms with Crippen molar-refractivity contribution in [2.75, 3.05) is 43.4 Å². The zero-order valence-electron chi connectivity index (χ0n) is 10.3. The molecule has 0 atom stereocenters. The molecule has 0 radical (unpaired) electrons. The molecule has 2 heterocycles. The van der Waals surface area contributed by atoms with Gasteiger partial charge >= 0.3 is 0 Å². The van der Waals surface area contributed by atoms with Crippen molar-refractivity contribution in [2.24, 2.45) is 0 Å². The monoisotopic (exact) mass is 236 g/mol. The summed E-state index contributed by atoms with van der Waals surface area (Å²) in [6.07, 6.45) is 2.80. The topological polar surface area (TPSA) is 54.6 Å². The Kier molecular flexibility index (Phi) is 4.17. The summed E-state index contributed by atoms with van der Waals surface area (Å²) >= 11 is 0. The van der Waals surface area contributed by atoms with Crippen LogP contribution in [0.2, 0.25) is 0 Å². The van der Waals surface area contributed by atoms with Crippen molar-refractivity contribution in [3.8, 4) is 0 Å². The normalized spacial score (nSPS) is 18.1. The number of rotatable bonds is 3. The highest BCUT2D eigenvalue weighted by Crippen LogP contribution is 2.14. The molecule has 0 aliphatic carbocycles. The van der Waals surface area contributed by atoms with Gasteiger partial charge in [-0.1, -0.05) is 0 Å². The Hall–Kier alpha value is -1.33. The minimum Gasteiger partial charge on any atom is -0.397 e. The van der Waals surface area contributed by atoms with Gasteiger partial charge in [0.15, 0.2) is 0 Å². The van der Waals surface area contributed by atoms with Crippen LogP contribution in [0.4, 0.5) is 11.5 Å². The number of nitrogens with two attached hydrogens (primary N) is 1. The maximum absolute atomic E-state index is 5.64. The van der Waals surface area contributed by atoms with Crippen molar-refractivity contribution in [2.45, 2.75) is 13.3 Å². The predicted octanol–water partition coefficient (Wildman–Crippen LogP) is 1.13. The maximum Gasteiger partial charge on any atom is 0.128 e. The summed E-state index contributed by atoms with van der Waals surface area (Å²) in [6.45, 7) is 6.61. The van der Waals surface area contributed by atoms with Crippen LogP contribution in [0, 0.1) is 0 Å². The zero-order chi connectivity index (χ0) is 12.1. The minimum atomic E-state index is 0.708. The van der Waals surface area contributed by atoms with E-state index in [-0.39, 0.29) is 0 Å². The zero-order valence-corrected chi connectivity index (χ0v) is 10.3. The number of anilines is 2. The molecule has 0 spiro atoms. The van der Waals surface area contributed by atoms with Gasteiger partial charge in [-0.2, -0.15) is 5.06 Å². The fourth-order valence-corrected chi connectivity index (χ4v) is 2.02. The van der Waals surface area contributed by atoms with Crippen LogP contribution in [0.3, 0.4) is 0 Å². The highest BCUT2D eigenvalue weighted by atomic mass is 16.7. The molecule has 1 aliphatic rings. The highest BCUT2D eigenvalue weighted by Gasteiger charge is 2.15. The van der Waals surface area contributed by atoms with Gasteiger partial charge in [-0.15, -0.1) is 0 Å². The van der Waals surface area contributed by atoms with Crippen molar-refractivity contribution >= 4 is 11.5 Å². The average molecular weight is 236 g/mol. The van der Waals surface area contributed by atoms with Gasteiger partial charge in [0.2, 0.25) is 0 Å². The second-order valence-electron chi connectivity index (χ2n) is 4.14. The van der Waals surface area contributed by atoms with E-state index in [2.05, 4.69) is 9.88 Å². The van der Waals surface area contributed by atoms with E-state index in [0.29, 0.717) is 5.69 Å². The van der Waals surface area contributed by atoms with Gasteiger partial charge in [0.1, 0.15) is 5.82 Å². The third kappa shape index (κ3) is 3.31. The Morgan fingerprint density at radius 2 is 2.18 bits per heavy atom. The fourth-order valence-electron chi connectivity index (χ4n) is 2.02. The van der Waals surface area contributed by atoms with Gasteiger partial charge < -0.3 is 10.6 Å². The molecule has 1 fully saturated rings. The standard InChI is InChI=1S/C12H20N4O/c1-2-17-16-7-3-6-15(8-9-16)12-5-4-11(13)10-14-12/h4-5,10H,2-3,6-9,13H2,1H3. The molecule has 2 rings (SSSR count). The quantitative estimate of drug-likeness (QED) is 0.852. The van der Waals surface area contributed by atoms with Crippen LogP contribution in [-0.2, 0) is 4.84 Å². The van der Waals surface area contributed by atoms with E-state index in [1.165, 1.54) is 0 Å². The molecular weight excluding hydrogens is 216 g/mol. The van der Waals surface area contributed by atoms with E-state index in [0.717, 1.165) is 45.0 Å². The largest absolute Gasteiger partial charge is 0.397 e. The lowest BCUT2D eigenvalue weighted by atomic mass is 10.3. The van der Waals surface area contributed by atoms with Gasteiger partial charge in [-0.25, -0.2) is 4.98 Å². The number of hydrogen-bond acceptors (Lipinski definition) is 5. The summed E-state index contributed by atoms with van der Waals surface area (Å²) in [5, 5.41) is 2.04. The Labute approximate surface area is 102 Å². The molecule has 0 aromatic carbocycles. The first-order chi connectivity index (χ1) is 8.29. The van der Waals surface area contributed by atoms with Crippen LogP contribution >= 0.6 is 0 Å². The summed E-state index contributed by atoms with van der Waals surface area (Å²) < 4.78 is 0. The third-order valence-electron chi connectivity index (χ3n) is 2.86. The number of hydroxylamine groups is 2. The van der Waals surface area contributed by atoms with Gasteiger partial charge in [-0.3, -0.25) is 4.84 Å². The van der Waals surface area contributed by atoms with Gasteiger partial charge in [0.25, 0.3) is 0 Å². The number of aromatic nitrogens is 1. The Balaban J connectivity index is 1.96. The lowest BCUT2D eigenvalue weighted by molar-refractivity contribution is -0.150. The van der Waals surface area contributed by atoms with E-state index in [1.807, 2.05) is 24.1 Å². The smallest absolute Gasteiger partial charge is 0.128 e. The molecule has 17 heavy (non-hydrogen) atoms. The van der Waals surface area contributed by atoms with Crippen molar-refractivity contribution in [3.63, 3.8) is 0 Å². The summed E-state index contributed by atoms with van der Waals surface area (Å²) in [5.41, 5.74) is 6.35. The van der Waals surface area contributed by atoms with Crippen molar-refractivity contribution < 1.29 is 4.84 Å². The Morgan fingerprint density at radius 3 is 2.88 bits per heavy atom. The van der Waals surface area contributed by atoms with Crippen LogP contribution in [0.5, 0.6) is 0 Å². The second kappa shape index (κ2) is 5.84. The van der Waals surface area contributed by atoms with E-state index in [9.17, 15) is 0 Å². The van der Waals surface area contributed by atoms with Crippen molar-refractivity contribution in [3.05, 3.63) is 18.3 Å². The van der Waals surface area contributed by atoms with Gasteiger partial charge in [0.05, 0.1) is 18.5 Å². The number of hydrogen-bond donors (Lipinski definition) is 1. The molecule has 0 bridgehead atoms. The van der Waals surface area contributed by atoms with Crippen LogP contribution < -0.4 is 10.6 Å². The van der Waals surface area contributed by atoms with E-state index in [1.54, 1.807) is 6.20 Å². The lowest BCUT2D eigenvalue weighted by Crippen LogP contribution is -2.31. The van der Waals surface area contributed by atoms with Gasteiger partial charge in [-0.05, 0) is 25.5 Å². The minimum absolute atomic E-state index is 0.708. The number of nitrogen functional groups attached to an aromatic ring is 1. The molecular formula is C12H20N4O. The highest BCUT2D eigenvalue weighted by molar-refractivity contribution is 5.45. The van der Waals surface area contributed by atoms with E-state index >= 15 is 0 Å². The van der Waals surface area contributed by atoms with Crippen molar-refractivity contribution in [1.82, 2.24) is 10.0 Å². The summed E-state index contributed by atoms with van der Waals surface area (Å²) in [7, 11) is 0. The predicted molar refractivity (Wildman–Crippen MR) is 68.7 cm³/mol. The third-order valence-corrected chi connectivity index (χ3v) is 2.86. The molecule has 1 aliphatic heterocycles. The van der Waals surface area contributed by atoms with Crippen LogP contribution in [0.1, 0.15) is 13.3 Å². The van der Waals surface area contributed by atoms with Gasteiger partial charge in [0, 0.05) is 26.2 Å². The van der Waals surface area contributed by atoms with E-state index in [4.69, 9.17) is 10.6 Å². The second-order valence-corrected chi connectivity index (χ2v) is 4.14. The summed E-state index contributed by atoms with van der Waals surface area (Å²) in [4.78, 5) is 12.2.